The molecule has 0 aromatic carbocycles. The predicted molar refractivity (Wildman–Crippen MR) is 42.9 cm³/mol. The highest BCUT2D eigenvalue weighted by atomic mass is 79.9. The summed E-state index contributed by atoms with van der Waals surface area (Å²) in [6.07, 6.45) is 4.87. The molecule has 0 fully saturated rings. The normalized spacial score (nSPS) is 10.7. The van der Waals surface area contributed by atoms with Gasteiger partial charge in [0.05, 0.1) is 22.5 Å². The Morgan fingerprint density at radius 1 is 1.55 bits per heavy atom. The molecule has 0 aliphatic carbocycles. The average Bonchev–Trinajstić information content (AvgIpc) is 2.36. The van der Waals surface area contributed by atoms with Crippen molar-refractivity contribution in [3.63, 3.8) is 0 Å². The number of aromatic nitrogens is 2. The molecule has 0 atom stereocenters. The van der Waals surface area contributed by atoms with E-state index in [-0.39, 0.29) is 5.82 Å². The molecule has 0 unspecified atom stereocenters. The van der Waals surface area contributed by atoms with Crippen LogP contribution in [-0.2, 0) is 0 Å². The van der Waals surface area contributed by atoms with Gasteiger partial charge >= 0.3 is 0 Å². The number of hydrogen-bond acceptors (Lipinski definition) is 1. The zero-order valence-electron chi connectivity index (χ0n) is 5.46. The summed E-state index contributed by atoms with van der Waals surface area (Å²) in [5, 5.41) is 0. The zero-order chi connectivity index (χ0) is 7.84. The van der Waals surface area contributed by atoms with Gasteiger partial charge in [-0.25, -0.2) is 9.37 Å². The quantitative estimate of drug-likeness (QED) is 0.658. The number of hydrogen-bond donors (Lipinski definition) is 0. The van der Waals surface area contributed by atoms with Gasteiger partial charge in [-0.2, -0.15) is 0 Å². The Balaban J connectivity index is 2.86. The molecule has 0 N–H and O–H groups in total. The second-order valence-corrected chi connectivity index (χ2v) is 3.05. The summed E-state index contributed by atoms with van der Waals surface area (Å²) in [6.45, 7) is 0. The molecule has 0 radical (unpaired) electrons. The third-order valence-electron chi connectivity index (χ3n) is 1.45. The number of fused-ring (bicyclic) bond motifs is 1. The summed E-state index contributed by atoms with van der Waals surface area (Å²) < 4.78 is 15.0. The first-order valence-electron chi connectivity index (χ1n) is 3.04. The highest BCUT2D eigenvalue weighted by Crippen LogP contribution is 2.16. The van der Waals surface area contributed by atoms with E-state index in [1.807, 2.05) is 0 Å². The van der Waals surface area contributed by atoms with Crippen LogP contribution in [0.3, 0.4) is 0 Å². The highest BCUT2D eigenvalue weighted by Gasteiger charge is 2.00. The van der Waals surface area contributed by atoms with Crippen LogP contribution in [0.15, 0.2) is 29.3 Å². The highest BCUT2D eigenvalue weighted by molar-refractivity contribution is 9.10. The van der Waals surface area contributed by atoms with E-state index in [0.717, 1.165) is 5.52 Å². The third-order valence-corrected chi connectivity index (χ3v) is 2.03. The molecule has 2 heterocycles. The molecule has 2 aromatic rings. The van der Waals surface area contributed by atoms with Gasteiger partial charge in [0.15, 0.2) is 0 Å². The van der Waals surface area contributed by atoms with Crippen molar-refractivity contribution in [2.75, 3.05) is 0 Å². The van der Waals surface area contributed by atoms with Gasteiger partial charge in [-0.05, 0) is 15.9 Å². The molecule has 0 bridgehead atoms. The van der Waals surface area contributed by atoms with E-state index in [1.165, 1.54) is 6.07 Å². The van der Waals surface area contributed by atoms with Crippen LogP contribution in [0.25, 0.3) is 5.52 Å². The van der Waals surface area contributed by atoms with E-state index in [4.69, 9.17) is 0 Å². The lowest BCUT2D eigenvalue weighted by Gasteiger charge is -1.95. The fourth-order valence-electron chi connectivity index (χ4n) is 0.917. The molecule has 56 valence electrons. The van der Waals surface area contributed by atoms with Gasteiger partial charge in [-0.1, -0.05) is 0 Å². The predicted octanol–water partition coefficient (Wildman–Crippen LogP) is 2.24. The van der Waals surface area contributed by atoms with Gasteiger partial charge in [-0.3, -0.25) is 0 Å². The van der Waals surface area contributed by atoms with Crippen LogP contribution in [0.1, 0.15) is 0 Å². The van der Waals surface area contributed by atoms with Crippen LogP contribution >= 0.6 is 15.9 Å². The molecular weight excluding hydrogens is 211 g/mol. The Labute approximate surface area is 70.8 Å². The maximum atomic E-state index is 12.8. The number of halogens is 2. The average molecular weight is 215 g/mol. The molecule has 0 aliphatic rings. The van der Waals surface area contributed by atoms with Gasteiger partial charge < -0.3 is 4.40 Å². The fraction of sp³-hybridized carbons (Fsp3) is 0. The van der Waals surface area contributed by atoms with Crippen LogP contribution in [0.5, 0.6) is 0 Å². The smallest absolute Gasteiger partial charge is 0.141 e. The van der Waals surface area contributed by atoms with Gasteiger partial charge in [0.1, 0.15) is 5.82 Å². The van der Waals surface area contributed by atoms with Crippen LogP contribution in [0, 0.1) is 5.82 Å². The molecule has 11 heavy (non-hydrogen) atoms. The van der Waals surface area contributed by atoms with Crippen molar-refractivity contribution in [2.24, 2.45) is 0 Å². The first-order valence-corrected chi connectivity index (χ1v) is 3.83. The minimum absolute atomic E-state index is 0.266. The molecule has 4 heteroatoms. The van der Waals surface area contributed by atoms with Gasteiger partial charge in [0.2, 0.25) is 0 Å². The van der Waals surface area contributed by atoms with Crippen molar-refractivity contribution >= 4 is 21.4 Å². The molecule has 0 spiro atoms. The Hall–Kier alpha value is -0.900. The van der Waals surface area contributed by atoms with Crippen molar-refractivity contribution in [1.29, 1.82) is 0 Å². The van der Waals surface area contributed by atoms with E-state index in [9.17, 15) is 4.39 Å². The van der Waals surface area contributed by atoms with Crippen LogP contribution in [0.2, 0.25) is 0 Å². The lowest BCUT2D eigenvalue weighted by Crippen LogP contribution is -1.84. The summed E-state index contributed by atoms with van der Waals surface area (Å²) >= 11 is 3.08. The van der Waals surface area contributed by atoms with Gasteiger partial charge in [0, 0.05) is 12.3 Å². The maximum absolute atomic E-state index is 12.8. The first-order chi connectivity index (χ1) is 5.27. The van der Waals surface area contributed by atoms with E-state index < -0.39 is 0 Å². The molecule has 2 rings (SSSR count). The molecule has 2 nitrogen and oxygen atoms in total. The molecule has 0 saturated carbocycles. The summed E-state index contributed by atoms with van der Waals surface area (Å²) in [6, 6.07) is 1.43. The fourth-order valence-corrected chi connectivity index (χ4v) is 1.25. The van der Waals surface area contributed by atoms with Gasteiger partial charge in [-0.15, -0.1) is 0 Å². The van der Waals surface area contributed by atoms with E-state index in [1.54, 1.807) is 23.1 Å². The van der Waals surface area contributed by atoms with E-state index in [0.29, 0.717) is 4.47 Å². The van der Waals surface area contributed by atoms with Crippen molar-refractivity contribution in [1.82, 2.24) is 9.38 Å². The lowest BCUT2D eigenvalue weighted by atomic mass is 10.4. The SMILES string of the molecule is Fc1cc2cncn2cc1Br. The second kappa shape index (κ2) is 2.30. The van der Waals surface area contributed by atoms with E-state index >= 15 is 0 Å². The van der Waals surface area contributed by atoms with E-state index in [2.05, 4.69) is 20.9 Å². The van der Waals surface area contributed by atoms with Gasteiger partial charge in [0.25, 0.3) is 0 Å². The number of imidazole rings is 1. The van der Waals surface area contributed by atoms with Crippen molar-refractivity contribution < 1.29 is 4.39 Å². The van der Waals surface area contributed by atoms with Crippen LogP contribution in [-0.4, -0.2) is 9.38 Å². The minimum Gasteiger partial charge on any atom is -0.305 e. The number of rotatable bonds is 0. The largest absolute Gasteiger partial charge is 0.305 e. The second-order valence-electron chi connectivity index (χ2n) is 2.20. The summed E-state index contributed by atoms with van der Waals surface area (Å²) in [5.41, 5.74) is 0.755. The molecular formula is C7H4BrFN2. The lowest BCUT2D eigenvalue weighted by molar-refractivity contribution is 0.620. The summed E-state index contributed by atoms with van der Waals surface area (Å²) in [5.74, 6) is -0.266. The standard InChI is InChI=1S/C7H4BrFN2/c8-6-3-11-4-10-2-5(11)1-7(6)9/h1-4H. The topological polar surface area (TPSA) is 17.3 Å². The first kappa shape index (κ1) is 6.79. The Morgan fingerprint density at radius 3 is 3.18 bits per heavy atom. The Bertz CT molecular complexity index is 360. The molecule has 0 aliphatic heterocycles. The number of nitrogens with zero attached hydrogens (tertiary/aromatic N) is 2. The molecule has 0 amide bonds. The molecule has 2 aromatic heterocycles. The number of pyridine rings is 1. The van der Waals surface area contributed by atoms with Crippen LogP contribution < -0.4 is 0 Å². The Kier molecular flexibility index (Phi) is 1.42. The van der Waals surface area contributed by atoms with Crippen molar-refractivity contribution in [3.05, 3.63) is 35.1 Å². The third kappa shape index (κ3) is 1.03. The Morgan fingerprint density at radius 2 is 2.36 bits per heavy atom. The summed E-state index contributed by atoms with van der Waals surface area (Å²) in [4.78, 5) is 3.86. The monoisotopic (exact) mass is 214 g/mol. The minimum atomic E-state index is -0.266. The van der Waals surface area contributed by atoms with Crippen molar-refractivity contribution in [3.8, 4) is 0 Å². The summed E-state index contributed by atoms with van der Waals surface area (Å²) in [7, 11) is 0. The van der Waals surface area contributed by atoms with Crippen LogP contribution in [0.4, 0.5) is 4.39 Å². The zero-order valence-corrected chi connectivity index (χ0v) is 7.05. The maximum Gasteiger partial charge on any atom is 0.141 e. The van der Waals surface area contributed by atoms with Crippen molar-refractivity contribution in [2.45, 2.75) is 0 Å². The molecule has 0 saturated heterocycles.